The highest BCUT2D eigenvalue weighted by molar-refractivity contribution is 5.89. The topological polar surface area (TPSA) is 80.5 Å². The van der Waals surface area contributed by atoms with Gasteiger partial charge in [-0.2, -0.15) is 13.2 Å². The van der Waals surface area contributed by atoms with Crippen LogP contribution in [0.15, 0.2) is 28.7 Å². The van der Waals surface area contributed by atoms with Gasteiger partial charge in [-0.3, -0.25) is 0 Å². The second kappa shape index (κ2) is 7.22. The molecule has 0 bridgehead atoms. The predicted molar refractivity (Wildman–Crippen MR) is 84.9 cm³/mol. The molecule has 1 aromatic carbocycles. The average molecular weight is 370 g/mol. The molecule has 140 valence electrons. The molecule has 1 saturated heterocycles. The highest BCUT2D eigenvalue weighted by atomic mass is 19.4. The van der Waals surface area contributed by atoms with Crippen LogP contribution in [0.5, 0.6) is 5.75 Å². The van der Waals surface area contributed by atoms with Crippen molar-refractivity contribution in [3.05, 3.63) is 36.0 Å². The Labute approximate surface area is 147 Å². The van der Waals surface area contributed by atoms with Crippen LogP contribution in [0.3, 0.4) is 0 Å². The van der Waals surface area contributed by atoms with Gasteiger partial charge in [-0.1, -0.05) is 0 Å². The van der Waals surface area contributed by atoms with Crippen molar-refractivity contribution in [2.75, 3.05) is 25.5 Å². The van der Waals surface area contributed by atoms with Crippen molar-refractivity contribution in [3.8, 4) is 5.75 Å². The van der Waals surface area contributed by atoms with Crippen LogP contribution in [0.25, 0.3) is 0 Å². The van der Waals surface area contributed by atoms with E-state index in [1.807, 2.05) is 0 Å². The Hall–Kier alpha value is -2.78. The standard InChI is InChI=1S/C16H17F3N4O3/c1-25-12-4-2-11(3-5-12)20-15(24)23-8-6-10(7-9-23)13-21-22-14(26-13)16(17,18)19/h2-5,10H,6-9H2,1H3,(H,20,24). The number of rotatable bonds is 3. The van der Waals surface area contributed by atoms with Gasteiger partial charge in [-0.05, 0) is 37.1 Å². The molecule has 0 radical (unpaired) electrons. The maximum atomic E-state index is 12.5. The second-order valence-electron chi connectivity index (χ2n) is 5.86. The van der Waals surface area contributed by atoms with Crippen LogP contribution in [-0.4, -0.2) is 41.3 Å². The monoisotopic (exact) mass is 370 g/mol. The molecule has 7 nitrogen and oxygen atoms in total. The van der Waals surface area contributed by atoms with E-state index in [1.54, 1.807) is 36.3 Å². The number of piperidine rings is 1. The summed E-state index contributed by atoms with van der Waals surface area (Å²) in [6, 6.07) is 6.64. The lowest BCUT2D eigenvalue weighted by Crippen LogP contribution is -2.40. The molecule has 0 spiro atoms. The molecule has 3 rings (SSSR count). The predicted octanol–water partition coefficient (Wildman–Crippen LogP) is 3.51. The number of amides is 2. The summed E-state index contributed by atoms with van der Waals surface area (Å²) in [5.41, 5.74) is 0.629. The maximum Gasteiger partial charge on any atom is 0.470 e. The number of nitrogens with one attached hydrogen (secondary N) is 1. The van der Waals surface area contributed by atoms with Gasteiger partial charge in [-0.15, -0.1) is 10.2 Å². The Morgan fingerprint density at radius 2 is 1.88 bits per heavy atom. The number of carbonyl (C=O) groups is 1. The Morgan fingerprint density at radius 3 is 2.42 bits per heavy atom. The van der Waals surface area contributed by atoms with Crippen LogP contribution in [0.4, 0.5) is 23.7 Å². The zero-order valence-corrected chi connectivity index (χ0v) is 13.9. The molecule has 1 aliphatic rings. The molecule has 26 heavy (non-hydrogen) atoms. The first-order chi connectivity index (χ1) is 12.4. The quantitative estimate of drug-likeness (QED) is 0.894. The summed E-state index contributed by atoms with van der Waals surface area (Å²) in [6.07, 6.45) is -3.74. The Kier molecular flexibility index (Phi) is 5.01. The van der Waals surface area contributed by atoms with Crippen LogP contribution >= 0.6 is 0 Å². The normalized spacial score (nSPS) is 15.8. The minimum Gasteiger partial charge on any atom is -0.497 e. The third kappa shape index (κ3) is 4.06. The molecule has 0 atom stereocenters. The second-order valence-corrected chi connectivity index (χ2v) is 5.86. The maximum absolute atomic E-state index is 12.5. The van der Waals surface area contributed by atoms with E-state index in [-0.39, 0.29) is 17.8 Å². The number of halogens is 3. The fourth-order valence-electron chi connectivity index (χ4n) is 2.72. The summed E-state index contributed by atoms with van der Waals surface area (Å²) in [7, 11) is 1.55. The summed E-state index contributed by atoms with van der Waals surface area (Å²) >= 11 is 0. The Morgan fingerprint density at radius 1 is 1.23 bits per heavy atom. The number of ether oxygens (including phenoxy) is 1. The number of aromatic nitrogens is 2. The van der Waals surface area contributed by atoms with E-state index in [2.05, 4.69) is 15.5 Å². The van der Waals surface area contributed by atoms with E-state index in [4.69, 9.17) is 9.15 Å². The largest absolute Gasteiger partial charge is 0.497 e. The van der Waals surface area contributed by atoms with Crippen LogP contribution < -0.4 is 10.1 Å². The third-order valence-corrected chi connectivity index (χ3v) is 4.16. The van der Waals surface area contributed by atoms with E-state index in [0.29, 0.717) is 37.4 Å². The minimum atomic E-state index is -4.65. The van der Waals surface area contributed by atoms with E-state index < -0.39 is 12.1 Å². The first-order valence-electron chi connectivity index (χ1n) is 7.97. The molecular formula is C16H17F3N4O3. The average Bonchev–Trinajstić information content (AvgIpc) is 3.13. The zero-order chi connectivity index (χ0) is 18.7. The first-order valence-corrected chi connectivity index (χ1v) is 7.97. The van der Waals surface area contributed by atoms with Gasteiger partial charge < -0.3 is 19.4 Å². The lowest BCUT2D eigenvalue weighted by atomic mass is 9.97. The molecule has 1 aliphatic heterocycles. The summed E-state index contributed by atoms with van der Waals surface area (Å²) in [5.74, 6) is -0.982. The number of nitrogens with zero attached hydrogens (tertiary/aromatic N) is 3. The van der Waals surface area contributed by atoms with Crippen LogP contribution in [0.2, 0.25) is 0 Å². The van der Waals surface area contributed by atoms with E-state index in [0.717, 1.165) is 0 Å². The van der Waals surface area contributed by atoms with Crippen molar-refractivity contribution in [2.24, 2.45) is 0 Å². The van der Waals surface area contributed by atoms with Crippen molar-refractivity contribution >= 4 is 11.7 Å². The van der Waals surface area contributed by atoms with Crippen molar-refractivity contribution in [1.29, 1.82) is 0 Å². The van der Waals surface area contributed by atoms with Gasteiger partial charge in [0.15, 0.2) is 0 Å². The van der Waals surface area contributed by atoms with Crippen LogP contribution in [0.1, 0.15) is 30.5 Å². The van der Waals surface area contributed by atoms with Crippen LogP contribution in [-0.2, 0) is 6.18 Å². The Bertz CT molecular complexity index is 753. The zero-order valence-electron chi connectivity index (χ0n) is 13.9. The number of carbonyl (C=O) groups excluding carboxylic acids is 1. The molecular weight excluding hydrogens is 353 g/mol. The number of hydrogen-bond acceptors (Lipinski definition) is 5. The van der Waals surface area contributed by atoms with Crippen molar-refractivity contribution in [3.63, 3.8) is 0 Å². The molecule has 2 aromatic rings. The number of alkyl halides is 3. The van der Waals surface area contributed by atoms with Gasteiger partial charge in [0.2, 0.25) is 5.89 Å². The summed E-state index contributed by atoms with van der Waals surface area (Å²) in [5, 5.41) is 9.31. The first kappa shape index (κ1) is 18.0. The number of urea groups is 1. The van der Waals surface area contributed by atoms with Crippen molar-refractivity contribution in [1.82, 2.24) is 15.1 Å². The lowest BCUT2D eigenvalue weighted by molar-refractivity contribution is -0.157. The van der Waals surface area contributed by atoms with Gasteiger partial charge in [0, 0.05) is 24.7 Å². The van der Waals surface area contributed by atoms with Gasteiger partial charge in [-0.25, -0.2) is 4.79 Å². The molecule has 1 aromatic heterocycles. The molecule has 2 amide bonds. The summed E-state index contributed by atoms with van der Waals surface area (Å²) in [6.45, 7) is 0.771. The smallest absolute Gasteiger partial charge is 0.470 e. The number of hydrogen-bond donors (Lipinski definition) is 1. The van der Waals surface area contributed by atoms with Gasteiger partial charge >= 0.3 is 18.1 Å². The highest BCUT2D eigenvalue weighted by Gasteiger charge is 2.39. The van der Waals surface area contributed by atoms with Gasteiger partial charge in [0.25, 0.3) is 0 Å². The highest BCUT2D eigenvalue weighted by Crippen LogP contribution is 2.32. The Balaban J connectivity index is 1.54. The van der Waals surface area contributed by atoms with Crippen molar-refractivity contribution in [2.45, 2.75) is 24.9 Å². The number of likely N-dealkylation sites (tertiary alicyclic amines) is 1. The molecule has 1 N–H and O–H groups in total. The number of benzene rings is 1. The van der Waals surface area contributed by atoms with Gasteiger partial charge in [0.1, 0.15) is 5.75 Å². The number of methoxy groups -OCH3 is 1. The van der Waals surface area contributed by atoms with Crippen molar-refractivity contribution < 1.29 is 27.1 Å². The van der Waals surface area contributed by atoms with E-state index >= 15 is 0 Å². The fraction of sp³-hybridized carbons (Fsp3) is 0.438. The molecule has 0 aliphatic carbocycles. The SMILES string of the molecule is COc1ccc(NC(=O)N2CCC(c3nnc(C(F)(F)F)o3)CC2)cc1. The molecule has 1 fully saturated rings. The lowest BCUT2D eigenvalue weighted by Gasteiger charge is -2.30. The van der Waals surface area contributed by atoms with E-state index in [1.165, 1.54) is 0 Å². The summed E-state index contributed by atoms with van der Waals surface area (Å²) < 4.78 is 47.4. The fourth-order valence-corrected chi connectivity index (χ4v) is 2.72. The van der Waals surface area contributed by atoms with E-state index in [9.17, 15) is 18.0 Å². The molecule has 10 heteroatoms. The molecule has 2 heterocycles. The third-order valence-electron chi connectivity index (χ3n) is 4.16. The molecule has 0 saturated carbocycles. The van der Waals surface area contributed by atoms with Gasteiger partial charge in [0.05, 0.1) is 7.11 Å². The molecule has 0 unspecified atom stereocenters. The minimum absolute atomic E-state index is 0.0347. The number of anilines is 1. The summed E-state index contributed by atoms with van der Waals surface area (Å²) in [4.78, 5) is 13.9. The van der Waals surface area contributed by atoms with Crippen LogP contribution in [0, 0.1) is 0 Å².